The van der Waals surface area contributed by atoms with E-state index < -0.39 is 5.63 Å². The predicted molar refractivity (Wildman–Crippen MR) is 88.5 cm³/mol. The van der Waals surface area contributed by atoms with E-state index in [9.17, 15) is 9.59 Å². The number of para-hydroxylation sites is 1. The maximum atomic E-state index is 12.1. The fraction of sp³-hybridized carbons (Fsp3) is 0.158. The maximum absolute atomic E-state index is 12.1. The predicted octanol–water partition coefficient (Wildman–Crippen LogP) is 4.03. The lowest BCUT2D eigenvalue weighted by Gasteiger charge is -2.05. The summed E-state index contributed by atoms with van der Waals surface area (Å²) in [5.74, 6) is -0.357. The second kappa shape index (κ2) is 6.48. The Hall–Kier alpha value is -2.88. The van der Waals surface area contributed by atoms with Crippen LogP contribution in [0.2, 0.25) is 0 Å². The molecule has 0 atom stereocenters. The average Bonchev–Trinajstić information content (AvgIpc) is 2.59. The first-order chi connectivity index (χ1) is 11.2. The third kappa shape index (κ3) is 3.16. The van der Waals surface area contributed by atoms with Gasteiger partial charge in [-0.2, -0.15) is 0 Å². The molecular weight excluding hydrogens is 292 g/mol. The van der Waals surface area contributed by atoms with Crippen LogP contribution in [-0.4, -0.2) is 12.6 Å². The molecule has 0 amide bonds. The van der Waals surface area contributed by atoms with Gasteiger partial charge < -0.3 is 9.15 Å². The van der Waals surface area contributed by atoms with Crippen molar-refractivity contribution in [3.63, 3.8) is 0 Å². The molecule has 0 unspecified atom stereocenters. The Labute approximate surface area is 133 Å². The van der Waals surface area contributed by atoms with Crippen LogP contribution in [-0.2, 0) is 4.74 Å². The average molecular weight is 308 g/mol. The molecule has 0 aliphatic rings. The lowest BCUT2D eigenvalue weighted by atomic mass is 10.0. The lowest BCUT2D eigenvalue weighted by molar-refractivity contribution is 0.0505. The molecule has 0 radical (unpaired) electrons. The van der Waals surface area contributed by atoms with Gasteiger partial charge in [0.1, 0.15) is 5.58 Å². The molecule has 0 aliphatic carbocycles. The summed E-state index contributed by atoms with van der Waals surface area (Å²) < 4.78 is 10.4. The number of benzene rings is 2. The Morgan fingerprint density at radius 2 is 1.83 bits per heavy atom. The molecule has 0 N–H and O–H groups in total. The van der Waals surface area contributed by atoms with Crippen LogP contribution in [0, 0.1) is 0 Å². The minimum atomic E-state index is -0.398. The van der Waals surface area contributed by atoms with Crippen molar-refractivity contribution in [1.29, 1.82) is 0 Å². The van der Waals surface area contributed by atoms with Crippen LogP contribution in [0.5, 0.6) is 0 Å². The summed E-state index contributed by atoms with van der Waals surface area (Å²) in [6, 6.07) is 15.9. The molecule has 1 aromatic heterocycles. The number of carbonyl (C=O) groups is 1. The normalized spacial score (nSPS) is 10.7. The third-order valence-electron chi connectivity index (χ3n) is 3.51. The summed E-state index contributed by atoms with van der Waals surface area (Å²) >= 11 is 0. The minimum absolute atomic E-state index is 0.357. The van der Waals surface area contributed by atoms with Gasteiger partial charge in [0.25, 0.3) is 0 Å². The van der Waals surface area contributed by atoms with Gasteiger partial charge in [-0.25, -0.2) is 9.59 Å². The number of hydrogen-bond acceptors (Lipinski definition) is 4. The summed E-state index contributed by atoms with van der Waals surface area (Å²) in [6.07, 6.45) is 0.780. The summed E-state index contributed by atoms with van der Waals surface area (Å²) in [5.41, 5.74) is 1.80. The van der Waals surface area contributed by atoms with Crippen molar-refractivity contribution in [3.8, 4) is 11.1 Å². The van der Waals surface area contributed by atoms with Gasteiger partial charge in [0.15, 0.2) is 0 Å². The third-order valence-corrected chi connectivity index (χ3v) is 3.51. The van der Waals surface area contributed by atoms with Crippen LogP contribution in [0.1, 0.15) is 23.7 Å². The molecule has 2 aromatic carbocycles. The van der Waals surface area contributed by atoms with Gasteiger partial charge in [-0.15, -0.1) is 0 Å². The van der Waals surface area contributed by atoms with E-state index in [2.05, 4.69) is 0 Å². The molecule has 3 rings (SSSR count). The highest BCUT2D eigenvalue weighted by Gasteiger charge is 2.10. The molecule has 116 valence electrons. The first kappa shape index (κ1) is 15.0. The zero-order valence-electron chi connectivity index (χ0n) is 12.7. The van der Waals surface area contributed by atoms with Crippen LogP contribution in [0.25, 0.3) is 22.1 Å². The van der Waals surface area contributed by atoms with Crippen LogP contribution < -0.4 is 5.63 Å². The minimum Gasteiger partial charge on any atom is -0.462 e. The van der Waals surface area contributed by atoms with E-state index in [-0.39, 0.29) is 5.97 Å². The van der Waals surface area contributed by atoms with Crippen LogP contribution >= 0.6 is 0 Å². The summed E-state index contributed by atoms with van der Waals surface area (Å²) in [7, 11) is 0. The molecule has 3 aromatic rings. The van der Waals surface area contributed by atoms with Gasteiger partial charge in [-0.05, 0) is 36.2 Å². The molecule has 4 nitrogen and oxygen atoms in total. The Balaban J connectivity index is 1.94. The fourth-order valence-corrected chi connectivity index (χ4v) is 2.33. The van der Waals surface area contributed by atoms with Crippen molar-refractivity contribution in [2.45, 2.75) is 13.3 Å². The van der Waals surface area contributed by atoms with Crippen molar-refractivity contribution in [2.75, 3.05) is 6.61 Å². The van der Waals surface area contributed by atoms with Gasteiger partial charge in [-0.3, -0.25) is 0 Å². The zero-order chi connectivity index (χ0) is 16.2. The molecule has 0 fully saturated rings. The summed E-state index contributed by atoms with van der Waals surface area (Å²) in [4.78, 5) is 23.9. The van der Waals surface area contributed by atoms with E-state index >= 15 is 0 Å². The van der Waals surface area contributed by atoms with Crippen LogP contribution in [0.15, 0.2) is 63.8 Å². The largest absolute Gasteiger partial charge is 0.462 e. The molecule has 0 bridgehead atoms. The molecule has 0 aliphatic heterocycles. The quantitative estimate of drug-likeness (QED) is 0.539. The van der Waals surface area contributed by atoms with Crippen molar-refractivity contribution < 1.29 is 13.9 Å². The van der Waals surface area contributed by atoms with E-state index in [1.807, 2.05) is 25.1 Å². The Morgan fingerprint density at radius 3 is 2.57 bits per heavy atom. The van der Waals surface area contributed by atoms with Crippen LogP contribution in [0.4, 0.5) is 0 Å². The first-order valence-electron chi connectivity index (χ1n) is 7.49. The molecular formula is C19H16O4. The zero-order valence-corrected chi connectivity index (χ0v) is 12.7. The van der Waals surface area contributed by atoms with Crippen LogP contribution in [0.3, 0.4) is 0 Å². The monoisotopic (exact) mass is 308 g/mol. The summed E-state index contributed by atoms with van der Waals surface area (Å²) in [5, 5.41) is 0.855. The van der Waals surface area contributed by atoms with Gasteiger partial charge in [0.2, 0.25) is 0 Å². The Kier molecular flexibility index (Phi) is 4.24. The van der Waals surface area contributed by atoms with E-state index in [4.69, 9.17) is 9.15 Å². The first-order valence-corrected chi connectivity index (χ1v) is 7.49. The van der Waals surface area contributed by atoms with Crippen molar-refractivity contribution in [2.24, 2.45) is 0 Å². The topological polar surface area (TPSA) is 56.5 Å². The second-order valence-electron chi connectivity index (χ2n) is 5.20. The molecule has 4 heteroatoms. The molecule has 1 heterocycles. The fourth-order valence-electron chi connectivity index (χ4n) is 2.33. The van der Waals surface area contributed by atoms with E-state index in [1.165, 1.54) is 0 Å². The number of carbonyl (C=O) groups excluding carboxylic acids is 1. The highest BCUT2D eigenvalue weighted by atomic mass is 16.5. The van der Waals surface area contributed by atoms with Crippen molar-refractivity contribution in [3.05, 3.63) is 70.6 Å². The maximum Gasteiger partial charge on any atom is 0.344 e. The highest BCUT2D eigenvalue weighted by Crippen LogP contribution is 2.21. The standard InChI is InChI=1S/C19H16O4/c1-2-11-22-18(20)14-9-7-13(8-10-14)16-12-15-5-3-4-6-17(15)23-19(16)21/h3-10,12H,2,11H2,1H3. The van der Waals surface area contributed by atoms with E-state index in [1.54, 1.807) is 36.4 Å². The SMILES string of the molecule is CCCOC(=O)c1ccc(-c2cc3ccccc3oc2=O)cc1. The van der Waals surface area contributed by atoms with Gasteiger partial charge in [0, 0.05) is 5.39 Å². The number of esters is 1. The van der Waals surface area contributed by atoms with E-state index in [0.29, 0.717) is 28.9 Å². The molecule has 23 heavy (non-hydrogen) atoms. The van der Waals surface area contributed by atoms with E-state index in [0.717, 1.165) is 11.8 Å². The number of hydrogen-bond donors (Lipinski definition) is 0. The highest BCUT2D eigenvalue weighted by molar-refractivity contribution is 5.90. The smallest absolute Gasteiger partial charge is 0.344 e. The number of ether oxygens (including phenoxy) is 1. The summed E-state index contributed by atoms with van der Waals surface area (Å²) in [6.45, 7) is 2.34. The Morgan fingerprint density at radius 1 is 1.09 bits per heavy atom. The molecule has 0 saturated carbocycles. The number of rotatable bonds is 4. The van der Waals surface area contributed by atoms with Gasteiger partial charge in [-0.1, -0.05) is 37.3 Å². The van der Waals surface area contributed by atoms with Crippen molar-refractivity contribution >= 4 is 16.9 Å². The van der Waals surface area contributed by atoms with Crippen molar-refractivity contribution in [1.82, 2.24) is 0 Å². The number of fused-ring (bicyclic) bond motifs is 1. The molecule has 0 spiro atoms. The molecule has 0 saturated heterocycles. The lowest BCUT2D eigenvalue weighted by Crippen LogP contribution is -2.06. The van der Waals surface area contributed by atoms with Gasteiger partial charge in [0.05, 0.1) is 17.7 Å². The second-order valence-corrected chi connectivity index (χ2v) is 5.20. The van der Waals surface area contributed by atoms with Gasteiger partial charge >= 0.3 is 11.6 Å². The Bertz CT molecular complexity index is 891.